The number of hydrogen-bond donors (Lipinski definition) is 0. The van der Waals surface area contributed by atoms with E-state index in [2.05, 4.69) is 18.0 Å². The Morgan fingerprint density at radius 2 is 1.79 bits per heavy atom. The molecule has 0 unspecified atom stereocenters. The van der Waals surface area contributed by atoms with Crippen molar-refractivity contribution in [2.75, 3.05) is 6.61 Å². The molecule has 0 saturated heterocycles. The zero-order chi connectivity index (χ0) is 23.3. The highest BCUT2D eigenvalue weighted by molar-refractivity contribution is 7.19. The molecule has 0 aliphatic carbocycles. The van der Waals surface area contributed by atoms with Gasteiger partial charge in [-0.25, -0.2) is 9.67 Å². The summed E-state index contributed by atoms with van der Waals surface area (Å²) in [7, 11) is 0. The number of ether oxygens (including phenoxy) is 1. The van der Waals surface area contributed by atoms with Crippen LogP contribution >= 0.6 is 11.3 Å². The van der Waals surface area contributed by atoms with Crippen molar-refractivity contribution in [1.29, 1.82) is 5.26 Å². The molecule has 0 N–H and O–H groups in total. The smallest absolute Gasteiger partial charge is 0.135 e. The molecule has 0 atom stereocenters. The molecule has 0 saturated carbocycles. The first kappa shape index (κ1) is 21.6. The quantitative estimate of drug-likeness (QED) is 0.244. The molecule has 0 amide bonds. The molecule has 2 aromatic heterocycles. The second-order valence-electron chi connectivity index (χ2n) is 7.74. The van der Waals surface area contributed by atoms with E-state index in [0.29, 0.717) is 17.2 Å². The van der Waals surface area contributed by atoms with Crippen LogP contribution in [0.25, 0.3) is 38.8 Å². The van der Waals surface area contributed by atoms with Crippen LogP contribution < -0.4 is 4.74 Å². The van der Waals surface area contributed by atoms with Crippen LogP contribution in [0, 0.1) is 11.3 Å². The Morgan fingerprint density at radius 1 is 1.03 bits per heavy atom. The molecule has 0 bridgehead atoms. The number of rotatable bonds is 7. The zero-order valence-electron chi connectivity index (χ0n) is 18.7. The minimum absolute atomic E-state index is 0.512. The third kappa shape index (κ3) is 4.47. The fraction of sp³-hybridized carbons (Fsp3) is 0.107. The normalized spacial score (nSPS) is 11.5. The average molecular weight is 463 g/mol. The minimum atomic E-state index is 0.512. The van der Waals surface area contributed by atoms with Crippen LogP contribution in [0.2, 0.25) is 0 Å². The van der Waals surface area contributed by atoms with Gasteiger partial charge in [-0.1, -0.05) is 37.3 Å². The van der Waals surface area contributed by atoms with Crippen LogP contribution in [0.4, 0.5) is 0 Å². The van der Waals surface area contributed by atoms with Gasteiger partial charge in [0, 0.05) is 17.3 Å². The molecule has 0 fully saturated rings. The summed E-state index contributed by atoms with van der Waals surface area (Å²) in [5.41, 5.74) is 4.95. The van der Waals surface area contributed by atoms with Gasteiger partial charge in [0.05, 0.1) is 33.8 Å². The molecule has 5 nitrogen and oxygen atoms in total. The molecule has 3 aromatic carbocycles. The van der Waals surface area contributed by atoms with Gasteiger partial charge in [0.25, 0.3) is 0 Å². The van der Waals surface area contributed by atoms with Gasteiger partial charge in [0.2, 0.25) is 0 Å². The molecular weight excluding hydrogens is 440 g/mol. The summed E-state index contributed by atoms with van der Waals surface area (Å²) in [6.07, 6.45) is 4.79. The van der Waals surface area contributed by atoms with Gasteiger partial charge in [-0.3, -0.25) is 0 Å². The molecule has 0 radical (unpaired) electrons. The Morgan fingerprint density at radius 3 is 2.53 bits per heavy atom. The monoisotopic (exact) mass is 462 g/mol. The van der Waals surface area contributed by atoms with Crippen molar-refractivity contribution < 1.29 is 4.74 Å². The molecule has 5 aromatic rings. The lowest BCUT2D eigenvalue weighted by atomic mass is 10.1. The number of nitriles is 1. The molecule has 5 rings (SSSR count). The zero-order valence-corrected chi connectivity index (χ0v) is 19.5. The van der Waals surface area contributed by atoms with E-state index in [9.17, 15) is 5.26 Å². The van der Waals surface area contributed by atoms with Crippen molar-refractivity contribution in [2.24, 2.45) is 0 Å². The van der Waals surface area contributed by atoms with E-state index in [1.165, 1.54) is 11.3 Å². The Labute approximate surface area is 202 Å². The number of benzene rings is 3. The summed E-state index contributed by atoms with van der Waals surface area (Å²) in [4.78, 5) is 4.67. The van der Waals surface area contributed by atoms with Crippen LogP contribution in [0.15, 0.2) is 85.1 Å². The molecule has 0 spiro atoms. The van der Waals surface area contributed by atoms with Crippen molar-refractivity contribution in [3.8, 4) is 28.8 Å². The van der Waals surface area contributed by atoms with Gasteiger partial charge in [0.1, 0.15) is 16.8 Å². The summed E-state index contributed by atoms with van der Waals surface area (Å²) in [5, 5.41) is 15.5. The van der Waals surface area contributed by atoms with E-state index in [0.717, 1.165) is 44.9 Å². The number of hydrogen-bond acceptors (Lipinski definition) is 5. The van der Waals surface area contributed by atoms with Crippen molar-refractivity contribution in [3.63, 3.8) is 0 Å². The van der Waals surface area contributed by atoms with Crippen LogP contribution in [-0.4, -0.2) is 21.4 Å². The first-order valence-electron chi connectivity index (χ1n) is 11.1. The lowest BCUT2D eigenvalue weighted by Gasteiger charge is -2.05. The SMILES string of the molecule is CCCOc1ccc(-c2nn(-c3ccccc3)cc2/C=C(/C#N)c2nc3ccccc3s2)cc1. The summed E-state index contributed by atoms with van der Waals surface area (Å²) < 4.78 is 8.63. The standard InChI is InChI=1S/C28H22N4OS/c1-2-16-33-24-14-12-20(13-15-24)27-22(19-32(31-27)23-8-4-3-5-9-23)17-21(18-29)28-30-25-10-6-7-11-26(25)34-28/h3-15,17,19H,2,16H2,1H3/b21-17-. The van der Waals surface area contributed by atoms with E-state index < -0.39 is 0 Å². The van der Waals surface area contributed by atoms with Crippen molar-refractivity contribution >= 4 is 33.2 Å². The number of aromatic nitrogens is 3. The lowest BCUT2D eigenvalue weighted by Crippen LogP contribution is -1.95. The van der Waals surface area contributed by atoms with Gasteiger partial charge in [-0.2, -0.15) is 10.4 Å². The maximum Gasteiger partial charge on any atom is 0.135 e. The van der Waals surface area contributed by atoms with Gasteiger partial charge in [-0.05, 0) is 61.0 Å². The summed E-state index contributed by atoms with van der Waals surface area (Å²) >= 11 is 1.52. The number of thiazole rings is 1. The minimum Gasteiger partial charge on any atom is -0.494 e. The molecule has 34 heavy (non-hydrogen) atoms. The predicted octanol–water partition coefficient (Wildman–Crippen LogP) is 7.00. The topological polar surface area (TPSA) is 63.7 Å². The largest absolute Gasteiger partial charge is 0.494 e. The van der Waals surface area contributed by atoms with Gasteiger partial charge in [0.15, 0.2) is 0 Å². The molecular formula is C28H22N4OS. The Hall–Kier alpha value is -4.21. The first-order chi connectivity index (χ1) is 16.7. The van der Waals surface area contributed by atoms with E-state index in [4.69, 9.17) is 9.84 Å². The van der Waals surface area contributed by atoms with Gasteiger partial charge < -0.3 is 4.74 Å². The van der Waals surface area contributed by atoms with E-state index in [1.807, 2.05) is 95.8 Å². The highest BCUT2D eigenvalue weighted by Crippen LogP contribution is 2.32. The Kier molecular flexibility index (Phi) is 6.19. The highest BCUT2D eigenvalue weighted by atomic mass is 32.1. The predicted molar refractivity (Wildman–Crippen MR) is 138 cm³/mol. The second-order valence-corrected chi connectivity index (χ2v) is 8.77. The number of nitrogens with zero attached hydrogens (tertiary/aromatic N) is 4. The van der Waals surface area contributed by atoms with Crippen molar-refractivity contribution in [3.05, 3.63) is 95.6 Å². The molecule has 2 heterocycles. The second kappa shape index (κ2) is 9.74. The Balaban J connectivity index is 1.59. The lowest BCUT2D eigenvalue weighted by molar-refractivity contribution is 0.317. The fourth-order valence-electron chi connectivity index (χ4n) is 3.64. The van der Waals surface area contributed by atoms with Crippen LogP contribution in [-0.2, 0) is 0 Å². The molecule has 6 heteroatoms. The number of fused-ring (bicyclic) bond motifs is 1. The fourth-order valence-corrected chi connectivity index (χ4v) is 4.58. The van der Waals surface area contributed by atoms with Gasteiger partial charge >= 0.3 is 0 Å². The van der Waals surface area contributed by atoms with E-state index in [1.54, 1.807) is 0 Å². The average Bonchev–Trinajstić information content (AvgIpc) is 3.51. The maximum atomic E-state index is 9.97. The van der Waals surface area contributed by atoms with Crippen molar-refractivity contribution in [1.82, 2.24) is 14.8 Å². The summed E-state index contributed by atoms with van der Waals surface area (Å²) in [6, 6.07) is 28.1. The van der Waals surface area contributed by atoms with Crippen LogP contribution in [0.3, 0.4) is 0 Å². The third-order valence-electron chi connectivity index (χ3n) is 5.31. The van der Waals surface area contributed by atoms with Crippen LogP contribution in [0.1, 0.15) is 23.9 Å². The maximum absolute atomic E-state index is 9.97. The van der Waals surface area contributed by atoms with Gasteiger partial charge in [-0.15, -0.1) is 11.3 Å². The first-order valence-corrected chi connectivity index (χ1v) is 11.9. The van der Waals surface area contributed by atoms with Crippen LogP contribution in [0.5, 0.6) is 5.75 Å². The number of para-hydroxylation sites is 2. The third-order valence-corrected chi connectivity index (χ3v) is 6.38. The molecule has 0 aliphatic rings. The van der Waals surface area contributed by atoms with E-state index in [-0.39, 0.29) is 0 Å². The molecule has 0 aliphatic heterocycles. The molecule has 166 valence electrons. The summed E-state index contributed by atoms with van der Waals surface area (Å²) in [6.45, 7) is 2.77. The summed E-state index contributed by atoms with van der Waals surface area (Å²) in [5.74, 6) is 0.831. The number of allylic oxidation sites excluding steroid dienone is 1. The van der Waals surface area contributed by atoms with E-state index >= 15 is 0 Å². The Bertz CT molecular complexity index is 1460. The van der Waals surface area contributed by atoms with Crippen molar-refractivity contribution in [2.45, 2.75) is 13.3 Å². The highest BCUT2D eigenvalue weighted by Gasteiger charge is 2.15.